The van der Waals surface area contributed by atoms with E-state index in [1.165, 1.54) is 0 Å². The Morgan fingerprint density at radius 1 is 1.23 bits per heavy atom. The Hall–Kier alpha value is -2.59. The van der Waals surface area contributed by atoms with Crippen LogP contribution in [-0.4, -0.2) is 76.1 Å². The van der Waals surface area contributed by atoms with Gasteiger partial charge in [-0.05, 0) is 25.4 Å². The van der Waals surface area contributed by atoms with Crippen LogP contribution in [-0.2, 0) is 4.79 Å². The molecule has 162 valence electrons. The molecule has 0 saturated carbocycles. The summed E-state index contributed by atoms with van der Waals surface area (Å²) in [6, 6.07) is 8.39. The summed E-state index contributed by atoms with van der Waals surface area (Å²) < 4.78 is 5.49. The van der Waals surface area contributed by atoms with Crippen LogP contribution >= 0.6 is 11.8 Å². The first kappa shape index (κ1) is 22.1. The van der Waals surface area contributed by atoms with Crippen molar-refractivity contribution in [3.8, 4) is 11.4 Å². The molecule has 1 aromatic carbocycles. The van der Waals surface area contributed by atoms with E-state index in [1.54, 1.807) is 16.7 Å². The molecule has 1 aliphatic rings. The zero-order valence-electron chi connectivity index (χ0n) is 17.3. The number of carbonyl (C=O) groups is 2. The van der Waals surface area contributed by atoms with E-state index in [4.69, 9.17) is 10.3 Å². The summed E-state index contributed by atoms with van der Waals surface area (Å²) in [5.74, 6) is 1.82. The number of nitrogens with two attached hydrogens (primary N) is 1. The van der Waals surface area contributed by atoms with Gasteiger partial charge in [-0.15, -0.1) is 0 Å². The highest BCUT2D eigenvalue weighted by Gasteiger charge is 2.31. The number of nitrogens with one attached hydrogen (secondary N) is 1. The SMILES string of the molecule is CSCCC(NC(N)=O)C(=O)N1CCN(C(C)c2nc(-c3ccccc3)no2)CC1. The maximum absolute atomic E-state index is 12.8. The topological polar surface area (TPSA) is 118 Å². The molecule has 2 aromatic rings. The van der Waals surface area contributed by atoms with Gasteiger partial charge in [-0.25, -0.2) is 4.79 Å². The zero-order valence-corrected chi connectivity index (χ0v) is 18.1. The van der Waals surface area contributed by atoms with E-state index < -0.39 is 12.1 Å². The minimum atomic E-state index is -0.674. The number of nitrogens with zero attached hydrogens (tertiary/aromatic N) is 4. The van der Waals surface area contributed by atoms with Gasteiger partial charge in [0, 0.05) is 31.7 Å². The van der Waals surface area contributed by atoms with Crippen LogP contribution in [0.3, 0.4) is 0 Å². The number of carbonyl (C=O) groups excluding carboxylic acids is 2. The number of primary amides is 1. The number of piperazine rings is 1. The van der Waals surface area contributed by atoms with Gasteiger partial charge in [-0.2, -0.15) is 16.7 Å². The summed E-state index contributed by atoms with van der Waals surface area (Å²) >= 11 is 1.63. The fraction of sp³-hybridized carbons (Fsp3) is 0.500. The van der Waals surface area contributed by atoms with E-state index in [0.29, 0.717) is 44.3 Å². The van der Waals surface area contributed by atoms with E-state index in [0.717, 1.165) is 11.3 Å². The predicted molar refractivity (Wildman–Crippen MR) is 116 cm³/mol. The fourth-order valence-electron chi connectivity index (χ4n) is 3.48. The third-order valence-corrected chi connectivity index (χ3v) is 5.87. The van der Waals surface area contributed by atoms with Crippen molar-refractivity contribution < 1.29 is 14.1 Å². The van der Waals surface area contributed by atoms with E-state index >= 15 is 0 Å². The van der Waals surface area contributed by atoms with Gasteiger partial charge in [0.2, 0.25) is 17.6 Å². The second-order valence-corrected chi connectivity index (χ2v) is 8.19. The van der Waals surface area contributed by atoms with Crippen LogP contribution in [0.15, 0.2) is 34.9 Å². The van der Waals surface area contributed by atoms with Crippen molar-refractivity contribution in [2.45, 2.75) is 25.4 Å². The maximum Gasteiger partial charge on any atom is 0.312 e. The van der Waals surface area contributed by atoms with Crippen molar-refractivity contribution in [3.63, 3.8) is 0 Å². The van der Waals surface area contributed by atoms with Gasteiger partial charge in [0.25, 0.3) is 0 Å². The Balaban J connectivity index is 1.57. The van der Waals surface area contributed by atoms with Gasteiger partial charge < -0.3 is 20.5 Å². The first-order valence-corrected chi connectivity index (χ1v) is 11.4. The van der Waals surface area contributed by atoms with Crippen LogP contribution < -0.4 is 11.1 Å². The molecular weight excluding hydrogens is 404 g/mol. The van der Waals surface area contributed by atoms with Gasteiger partial charge in [-0.1, -0.05) is 35.5 Å². The highest BCUT2D eigenvalue weighted by atomic mass is 32.2. The first-order chi connectivity index (χ1) is 14.5. The highest BCUT2D eigenvalue weighted by Crippen LogP contribution is 2.23. The van der Waals surface area contributed by atoms with E-state index in [-0.39, 0.29) is 11.9 Å². The molecule has 3 N–H and O–H groups in total. The summed E-state index contributed by atoms with van der Waals surface area (Å²) in [5, 5.41) is 6.67. The lowest BCUT2D eigenvalue weighted by atomic mass is 10.1. The second-order valence-electron chi connectivity index (χ2n) is 7.20. The molecule has 0 radical (unpaired) electrons. The van der Waals surface area contributed by atoms with Gasteiger partial charge in [0.1, 0.15) is 6.04 Å². The predicted octanol–water partition coefficient (Wildman–Crippen LogP) is 1.73. The second kappa shape index (κ2) is 10.4. The van der Waals surface area contributed by atoms with Crippen molar-refractivity contribution >= 4 is 23.7 Å². The lowest BCUT2D eigenvalue weighted by molar-refractivity contribution is -0.135. The number of benzene rings is 1. The Morgan fingerprint density at radius 2 is 1.93 bits per heavy atom. The van der Waals surface area contributed by atoms with E-state index in [9.17, 15) is 9.59 Å². The van der Waals surface area contributed by atoms with Crippen molar-refractivity contribution in [2.24, 2.45) is 5.73 Å². The molecule has 10 heteroatoms. The normalized spacial score (nSPS) is 16.8. The molecule has 2 atom stereocenters. The molecule has 1 fully saturated rings. The molecular formula is C20H28N6O3S. The van der Waals surface area contributed by atoms with Gasteiger partial charge >= 0.3 is 6.03 Å². The van der Waals surface area contributed by atoms with Crippen LogP contribution in [0, 0.1) is 0 Å². The number of aromatic nitrogens is 2. The first-order valence-electron chi connectivity index (χ1n) is 9.96. The van der Waals surface area contributed by atoms with Crippen LogP contribution in [0.4, 0.5) is 4.79 Å². The smallest absolute Gasteiger partial charge is 0.312 e. The van der Waals surface area contributed by atoms with E-state index in [1.807, 2.05) is 43.5 Å². The van der Waals surface area contributed by atoms with Crippen LogP contribution in [0.1, 0.15) is 25.3 Å². The number of amides is 3. The van der Waals surface area contributed by atoms with Crippen molar-refractivity contribution in [2.75, 3.05) is 38.2 Å². The summed E-state index contributed by atoms with van der Waals surface area (Å²) in [6.07, 6.45) is 2.52. The molecule has 1 aromatic heterocycles. The number of thioether (sulfide) groups is 1. The Morgan fingerprint density at radius 3 is 2.57 bits per heavy atom. The van der Waals surface area contributed by atoms with Crippen LogP contribution in [0.2, 0.25) is 0 Å². The minimum Gasteiger partial charge on any atom is -0.352 e. The average Bonchev–Trinajstić information content (AvgIpc) is 3.26. The van der Waals surface area contributed by atoms with Gasteiger partial charge in [0.15, 0.2) is 0 Å². The zero-order chi connectivity index (χ0) is 21.5. The summed E-state index contributed by atoms with van der Waals surface area (Å²) in [7, 11) is 0. The fourth-order valence-corrected chi connectivity index (χ4v) is 3.95. The standard InChI is InChI=1S/C20H28N6O3S/c1-14(18-23-17(24-29-18)15-6-4-3-5-7-15)25-9-11-26(12-10-25)19(27)16(8-13-30-2)22-20(21)28/h3-7,14,16H,8-13H2,1-2H3,(H3,21,22,28). The lowest BCUT2D eigenvalue weighted by Crippen LogP contribution is -2.56. The molecule has 1 aliphatic heterocycles. The Kier molecular flexibility index (Phi) is 7.69. The number of hydrogen-bond donors (Lipinski definition) is 2. The Bertz CT molecular complexity index is 838. The van der Waals surface area contributed by atoms with Crippen molar-refractivity contribution in [1.82, 2.24) is 25.3 Å². The minimum absolute atomic E-state index is 0.0525. The molecule has 1 saturated heterocycles. The highest BCUT2D eigenvalue weighted by molar-refractivity contribution is 7.98. The number of rotatable bonds is 8. The monoisotopic (exact) mass is 432 g/mol. The molecule has 0 aliphatic carbocycles. The number of hydrogen-bond acceptors (Lipinski definition) is 7. The molecule has 0 spiro atoms. The average molecular weight is 433 g/mol. The summed E-state index contributed by atoms with van der Waals surface area (Å²) in [6.45, 7) is 4.53. The van der Waals surface area contributed by atoms with Crippen LogP contribution in [0.5, 0.6) is 0 Å². The van der Waals surface area contributed by atoms with Crippen molar-refractivity contribution in [3.05, 3.63) is 36.2 Å². The molecule has 0 bridgehead atoms. The third-order valence-electron chi connectivity index (χ3n) is 5.23. The van der Waals surface area contributed by atoms with Gasteiger partial charge in [-0.3, -0.25) is 9.69 Å². The van der Waals surface area contributed by atoms with E-state index in [2.05, 4.69) is 20.4 Å². The molecule has 2 heterocycles. The summed E-state index contributed by atoms with van der Waals surface area (Å²) in [4.78, 5) is 32.6. The quantitative estimate of drug-likeness (QED) is 0.652. The molecule has 9 nitrogen and oxygen atoms in total. The van der Waals surface area contributed by atoms with Crippen molar-refractivity contribution in [1.29, 1.82) is 0 Å². The molecule has 3 amide bonds. The number of urea groups is 1. The Labute approximate surface area is 180 Å². The largest absolute Gasteiger partial charge is 0.352 e. The molecule has 3 rings (SSSR count). The maximum atomic E-state index is 12.8. The molecule has 30 heavy (non-hydrogen) atoms. The summed E-state index contributed by atoms with van der Waals surface area (Å²) in [5.41, 5.74) is 6.15. The third kappa shape index (κ3) is 5.51. The lowest BCUT2D eigenvalue weighted by Gasteiger charge is -2.38. The molecule has 2 unspecified atom stereocenters. The van der Waals surface area contributed by atoms with Gasteiger partial charge in [0.05, 0.1) is 6.04 Å². The van der Waals surface area contributed by atoms with Crippen LogP contribution in [0.25, 0.3) is 11.4 Å².